The van der Waals surface area contributed by atoms with Crippen molar-refractivity contribution in [2.24, 2.45) is 23.7 Å². The second-order valence-corrected chi connectivity index (χ2v) is 12.1. The quantitative estimate of drug-likeness (QED) is 0.488. The van der Waals surface area contributed by atoms with Gasteiger partial charge in [-0.2, -0.15) is 0 Å². The van der Waals surface area contributed by atoms with E-state index in [0.717, 1.165) is 5.57 Å². The largest absolute Gasteiger partial charge is 0.462 e. The van der Waals surface area contributed by atoms with Crippen LogP contribution in [0.1, 0.15) is 80.6 Å². The van der Waals surface area contributed by atoms with Crippen molar-refractivity contribution in [3.8, 4) is 0 Å². The maximum absolute atomic E-state index is 13.1. The van der Waals surface area contributed by atoms with Crippen molar-refractivity contribution < 1.29 is 34.0 Å². The molecule has 1 saturated heterocycles. The first kappa shape index (κ1) is 33.6. The standard InChI is InChI=1S/C31H53NO7/c1-10-23-15-19(4)25(33)13-12-18(3)14-20(5)27(11-2)38-28(35)17-26(34)22(7)30(23)39-31-29(36)24(32(8)9)16-21(6)37-31/h12-14,19-24,26-27,29-31,34,36H,10-11,15-17H2,1-9H3/b13-12+,18-14+/t19-,20+,21?,22+,23+,24?,26-,27-,29?,30-,31+/m1/s1. The molecule has 0 aromatic rings. The van der Waals surface area contributed by atoms with Crippen LogP contribution in [0.25, 0.3) is 0 Å². The van der Waals surface area contributed by atoms with Crippen molar-refractivity contribution in [2.75, 3.05) is 14.1 Å². The zero-order valence-electron chi connectivity index (χ0n) is 25.5. The number of likely N-dealkylation sites (N-methyl/N-ethyl adjacent to an activating group) is 1. The Balaban J connectivity index is 2.43. The summed E-state index contributed by atoms with van der Waals surface area (Å²) in [6.07, 6.45) is 4.02. The van der Waals surface area contributed by atoms with E-state index >= 15 is 0 Å². The first-order valence-corrected chi connectivity index (χ1v) is 14.7. The topological polar surface area (TPSA) is 106 Å². The van der Waals surface area contributed by atoms with Gasteiger partial charge >= 0.3 is 5.97 Å². The number of cyclic esters (lactones) is 1. The normalized spacial score (nSPS) is 42.1. The molecule has 2 N–H and O–H groups in total. The molecule has 0 saturated carbocycles. The van der Waals surface area contributed by atoms with E-state index in [4.69, 9.17) is 14.2 Å². The maximum Gasteiger partial charge on any atom is 0.308 e. The van der Waals surface area contributed by atoms with E-state index in [-0.39, 0.29) is 48.2 Å². The molecule has 11 atom stereocenters. The molecule has 0 spiro atoms. The molecule has 0 aromatic heterocycles. The second-order valence-electron chi connectivity index (χ2n) is 12.1. The lowest BCUT2D eigenvalue weighted by Gasteiger charge is -2.44. The highest BCUT2D eigenvalue weighted by Crippen LogP contribution is 2.34. The van der Waals surface area contributed by atoms with Crippen LogP contribution >= 0.6 is 0 Å². The average Bonchev–Trinajstić information content (AvgIpc) is 2.87. The molecular formula is C31H53NO7. The van der Waals surface area contributed by atoms with Crippen LogP contribution in [-0.4, -0.2) is 83.8 Å². The zero-order valence-corrected chi connectivity index (χ0v) is 25.5. The van der Waals surface area contributed by atoms with Gasteiger partial charge in [-0.1, -0.05) is 58.8 Å². The molecule has 0 radical (unpaired) electrons. The van der Waals surface area contributed by atoms with Gasteiger partial charge in [0.15, 0.2) is 12.1 Å². The number of aliphatic hydroxyl groups is 2. The van der Waals surface area contributed by atoms with Gasteiger partial charge in [-0.3, -0.25) is 9.59 Å². The lowest BCUT2D eigenvalue weighted by Crippen LogP contribution is -2.56. The van der Waals surface area contributed by atoms with Crippen molar-refractivity contribution in [3.05, 3.63) is 23.8 Å². The first-order chi connectivity index (χ1) is 18.3. The molecule has 2 heterocycles. The fourth-order valence-electron chi connectivity index (χ4n) is 5.89. The summed E-state index contributed by atoms with van der Waals surface area (Å²) < 4.78 is 18.4. The van der Waals surface area contributed by atoms with E-state index in [9.17, 15) is 19.8 Å². The van der Waals surface area contributed by atoms with E-state index in [1.165, 1.54) is 0 Å². The summed E-state index contributed by atoms with van der Waals surface area (Å²) in [7, 11) is 3.84. The molecule has 0 bridgehead atoms. The molecule has 39 heavy (non-hydrogen) atoms. The van der Waals surface area contributed by atoms with Gasteiger partial charge in [0.2, 0.25) is 0 Å². The summed E-state index contributed by atoms with van der Waals surface area (Å²) in [4.78, 5) is 28.0. The number of rotatable bonds is 5. The average molecular weight is 552 g/mol. The summed E-state index contributed by atoms with van der Waals surface area (Å²) >= 11 is 0. The van der Waals surface area contributed by atoms with Gasteiger partial charge < -0.3 is 29.3 Å². The highest BCUT2D eigenvalue weighted by molar-refractivity contribution is 5.91. The predicted molar refractivity (Wildman–Crippen MR) is 152 cm³/mol. The summed E-state index contributed by atoms with van der Waals surface area (Å²) in [6, 6.07) is -0.143. The molecule has 0 aliphatic carbocycles. The van der Waals surface area contributed by atoms with E-state index in [1.807, 2.05) is 79.6 Å². The number of esters is 1. The number of aliphatic hydroxyl groups excluding tert-OH is 2. The van der Waals surface area contributed by atoms with Gasteiger partial charge in [0.1, 0.15) is 12.2 Å². The van der Waals surface area contributed by atoms with Crippen LogP contribution in [0.5, 0.6) is 0 Å². The number of allylic oxidation sites excluding steroid dienone is 3. The highest BCUT2D eigenvalue weighted by Gasteiger charge is 2.43. The number of hydrogen-bond acceptors (Lipinski definition) is 8. The number of ketones is 1. The van der Waals surface area contributed by atoms with E-state index in [2.05, 4.69) is 0 Å². The predicted octanol–water partition coefficient (Wildman–Crippen LogP) is 4.28. The van der Waals surface area contributed by atoms with Crippen molar-refractivity contribution in [2.45, 2.75) is 123 Å². The molecule has 0 amide bonds. The van der Waals surface area contributed by atoms with Crippen LogP contribution in [0.2, 0.25) is 0 Å². The smallest absolute Gasteiger partial charge is 0.308 e. The number of nitrogens with zero attached hydrogens (tertiary/aromatic N) is 1. The molecule has 8 heteroatoms. The molecule has 8 nitrogen and oxygen atoms in total. The minimum Gasteiger partial charge on any atom is -0.462 e. The third-order valence-corrected chi connectivity index (χ3v) is 8.51. The lowest BCUT2D eigenvalue weighted by molar-refractivity contribution is -0.283. The van der Waals surface area contributed by atoms with E-state index in [1.54, 1.807) is 6.08 Å². The van der Waals surface area contributed by atoms with E-state index in [0.29, 0.717) is 25.7 Å². The zero-order chi connectivity index (χ0) is 29.4. The number of carbonyl (C=O) groups is 2. The Bertz CT molecular complexity index is 856. The summed E-state index contributed by atoms with van der Waals surface area (Å²) in [5.74, 6) is -1.32. The minimum absolute atomic E-state index is 0.0293. The molecular weight excluding hydrogens is 498 g/mol. The molecule has 3 unspecified atom stereocenters. The fraction of sp³-hybridized carbons (Fsp3) is 0.806. The third-order valence-electron chi connectivity index (χ3n) is 8.51. The van der Waals surface area contributed by atoms with E-state index < -0.39 is 36.5 Å². The van der Waals surface area contributed by atoms with Crippen LogP contribution < -0.4 is 0 Å². The fourth-order valence-corrected chi connectivity index (χ4v) is 5.89. The number of ether oxygens (including phenoxy) is 3. The van der Waals surface area contributed by atoms with Crippen molar-refractivity contribution >= 4 is 11.8 Å². The Morgan fingerprint density at radius 3 is 2.28 bits per heavy atom. The molecule has 2 aliphatic heterocycles. The van der Waals surface area contributed by atoms with Gasteiger partial charge in [0.25, 0.3) is 0 Å². The van der Waals surface area contributed by atoms with Crippen molar-refractivity contribution in [1.82, 2.24) is 4.90 Å². The van der Waals surface area contributed by atoms with Crippen LogP contribution in [0, 0.1) is 23.7 Å². The van der Waals surface area contributed by atoms with Gasteiger partial charge in [-0.15, -0.1) is 0 Å². The Morgan fingerprint density at radius 2 is 1.69 bits per heavy atom. The molecule has 0 aromatic carbocycles. The van der Waals surface area contributed by atoms with Gasteiger partial charge in [0, 0.05) is 23.8 Å². The Morgan fingerprint density at radius 1 is 1.03 bits per heavy atom. The maximum atomic E-state index is 13.1. The van der Waals surface area contributed by atoms with Crippen LogP contribution in [0.4, 0.5) is 0 Å². The minimum atomic E-state index is -1.02. The Kier molecular flexibility index (Phi) is 13.3. The molecule has 224 valence electrons. The number of carbonyl (C=O) groups excluding carboxylic acids is 2. The van der Waals surface area contributed by atoms with Gasteiger partial charge in [-0.05, 0) is 59.2 Å². The van der Waals surface area contributed by atoms with Crippen molar-refractivity contribution in [3.63, 3.8) is 0 Å². The Hall–Kier alpha value is -1.58. The summed E-state index contributed by atoms with van der Waals surface area (Å²) in [5, 5.41) is 22.4. The highest BCUT2D eigenvalue weighted by atomic mass is 16.7. The SMILES string of the molecule is CC[C@H]1C[C@@H](C)C(=O)/C=C/C(C)=C/[C@H](C)[C@@H](CC)OC(=O)C[C@@H](O)[C@H](C)[C@H]1O[C@@H]1OC(C)CC(N(C)C)C1O. The van der Waals surface area contributed by atoms with Crippen LogP contribution in [0.3, 0.4) is 0 Å². The van der Waals surface area contributed by atoms with Gasteiger partial charge in [-0.25, -0.2) is 0 Å². The van der Waals surface area contributed by atoms with Gasteiger partial charge in [0.05, 0.1) is 24.7 Å². The second kappa shape index (κ2) is 15.4. The monoisotopic (exact) mass is 551 g/mol. The third kappa shape index (κ3) is 9.49. The number of hydrogen-bond donors (Lipinski definition) is 2. The molecule has 2 rings (SSSR count). The first-order valence-electron chi connectivity index (χ1n) is 14.7. The summed E-state index contributed by atoms with van der Waals surface area (Å²) in [6.45, 7) is 13.6. The summed E-state index contributed by atoms with van der Waals surface area (Å²) in [5.41, 5.74) is 0.930. The lowest BCUT2D eigenvalue weighted by atomic mass is 9.80. The Labute approximate surface area is 235 Å². The molecule has 1 fully saturated rings. The molecule has 2 aliphatic rings. The van der Waals surface area contributed by atoms with Crippen LogP contribution in [0.15, 0.2) is 23.8 Å². The van der Waals surface area contributed by atoms with Crippen molar-refractivity contribution in [1.29, 1.82) is 0 Å². The van der Waals surface area contributed by atoms with Crippen LogP contribution in [-0.2, 0) is 23.8 Å².